The molecule has 1 aliphatic heterocycles. The van der Waals surface area contributed by atoms with Gasteiger partial charge in [-0.05, 0) is 56.6 Å². The lowest BCUT2D eigenvalue weighted by Gasteiger charge is -2.30. The van der Waals surface area contributed by atoms with Crippen LogP contribution < -0.4 is 4.74 Å². The van der Waals surface area contributed by atoms with Crippen LogP contribution in [0, 0.1) is 6.92 Å². The molecule has 0 spiro atoms. The molecule has 1 aliphatic rings. The van der Waals surface area contributed by atoms with Crippen LogP contribution in [-0.2, 0) is 6.54 Å². The molecule has 5 heteroatoms. The van der Waals surface area contributed by atoms with Gasteiger partial charge in [0.05, 0.1) is 18.8 Å². The first-order valence-corrected chi connectivity index (χ1v) is 10.3. The molecule has 2 aromatic carbocycles. The second-order valence-electron chi connectivity index (χ2n) is 7.78. The molecule has 0 amide bonds. The van der Waals surface area contributed by atoms with Gasteiger partial charge in [0.15, 0.2) is 5.78 Å². The summed E-state index contributed by atoms with van der Waals surface area (Å²) in [5.74, 6) is 0.776. The van der Waals surface area contributed by atoms with Crippen LogP contribution in [-0.4, -0.2) is 53.2 Å². The van der Waals surface area contributed by atoms with Gasteiger partial charge in [-0.2, -0.15) is 0 Å². The number of benzene rings is 2. The van der Waals surface area contributed by atoms with Gasteiger partial charge in [-0.15, -0.1) is 0 Å². The SMILES string of the molecule is COc1ccc(C(=O)c2c(C)n(CCN3CCCC(O)C3)c3ccccc23)cc1. The molecule has 5 nitrogen and oxygen atoms in total. The van der Waals surface area contributed by atoms with Crippen molar-refractivity contribution in [1.82, 2.24) is 9.47 Å². The minimum atomic E-state index is -0.224. The molecule has 0 saturated carbocycles. The molecular weight excluding hydrogens is 364 g/mol. The van der Waals surface area contributed by atoms with E-state index < -0.39 is 0 Å². The van der Waals surface area contributed by atoms with Gasteiger partial charge in [-0.25, -0.2) is 0 Å². The molecule has 0 aliphatic carbocycles. The number of hydrogen-bond donors (Lipinski definition) is 1. The topological polar surface area (TPSA) is 54.7 Å². The van der Waals surface area contributed by atoms with E-state index in [0.29, 0.717) is 5.56 Å². The van der Waals surface area contributed by atoms with Gasteiger partial charge in [0.25, 0.3) is 0 Å². The zero-order chi connectivity index (χ0) is 20.4. The first kappa shape index (κ1) is 19.7. The molecule has 3 aromatic rings. The smallest absolute Gasteiger partial charge is 0.195 e. The number of rotatable bonds is 6. The Hall–Kier alpha value is -2.63. The molecule has 0 radical (unpaired) electrons. The zero-order valence-electron chi connectivity index (χ0n) is 17.1. The number of carbonyl (C=O) groups excluding carboxylic acids is 1. The van der Waals surface area contributed by atoms with E-state index in [1.165, 1.54) is 0 Å². The lowest BCUT2D eigenvalue weighted by Crippen LogP contribution is -2.39. The highest BCUT2D eigenvalue weighted by Crippen LogP contribution is 2.29. The average molecular weight is 392 g/mol. The third-order valence-corrected chi connectivity index (χ3v) is 5.93. The Morgan fingerprint density at radius 2 is 1.90 bits per heavy atom. The summed E-state index contributed by atoms with van der Waals surface area (Å²) in [6, 6.07) is 15.4. The summed E-state index contributed by atoms with van der Waals surface area (Å²) in [5, 5.41) is 10.9. The number of piperidine rings is 1. The van der Waals surface area contributed by atoms with Crippen LogP contribution in [0.3, 0.4) is 0 Å². The number of methoxy groups -OCH3 is 1. The van der Waals surface area contributed by atoms with Crippen molar-refractivity contribution >= 4 is 16.7 Å². The summed E-state index contributed by atoms with van der Waals surface area (Å²) in [4.78, 5) is 15.7. The van der Waals surface area contributed by atoms with Crippen molar-refractivity contribution in [2.24, 2.45) is 0 Å². The summed E-state index contributed by atoms with van der Waals surface area (Å²) in [5.41, 5.74) is 3.50. The first-order chi connectivity index (χ1) is 14.1. The van der Waals surface area contributed by atoms with Crippen molar-refractivity contribution in [2.75, 3.05) is 26.7 Å². The molecular formula is C24H28N2O3. The number of aliphatic hydroxyl groups excluding tert-OH is 1. The molecule has 2 heterocycles. The van der Waals surface area contributed by atoms with Gasteiger partial charge in [0.1, 0.15) is 5.75 Å². The maximum atomic E-state index is 13.3. The number of para-hydroxylation sites is 1. The Labute approximate surface area is 171 Å². The molecule has 1 unspecified atom stereocenters. The van der Waals surface area contributed by atoms with Gasteiger partial charge < -0.3 is 14.4 Å². The molecule has 1 saturated heterocycles. The fourth-order valence-electron chi connectivity index (χ4n) is 4.37. The lowest BCUT2D eigenvalue weighted by atomic mass is 10.0. The number of hydrogen-bond acceptors (Lipinski definition) is 4. The second-order valence-corrected chi connectivity index (χ2v) is 7.78. The van der Waals surface area contributed by atoms with Gasteiger partial charge in [0.2, 0.25) is 0 Å². The van der Waals surface area contributed by atoms with E-state index in [-0.39, 0.29) is 11.9 Å². The van der Waals surface area contributed by atoms with E-state index in [1.807, 2.05) is 49.4 Å². The molecule has 152 valence electrons. The third-order valence-electron chi connectivity index (χ3n) is 5.93. The van der Waals surface area contributed by atoms with Crippen molar-refractivity contribution in [3.8, 4) is 5.75 Å². The molecule has 0 bridgehead atoms. The van der Waals surface area contributed by atoms with Crippen LogP contribution in [0.15, 0.2) is 48.5 Å². The Bertz CT molecular complexity index is 1010. The maximum absolute atomic E-state index is 13.3. The van der Waals surface area contributed by atoms with Gasteiger partial charge in [0, 0.05) is 41.8 Å². The third kappa shape index (κ3) is 3.93. The first-order valence-electron chi connectivity index (χ1n) is 10.3. The van der Waals surface area contributed by atoms with E-state index in [1.54, 1.807) is 7.11 Å². The predicted octanol–water partition coefficient (Wildman–Crippen LogP) is 3.65. The molecule has 29 heavy (non-hydrogen) atoms. The van der Waals surface area contributed by atoms with E-state index >= 15 is 0 Å². The minimum Gasteiger partial charge on any atom is -0.497 e. The van der Waals surface area contributed by atoms with E-state index in [2.05, 4.69) is 15.5 Å². The molecule has 1 aromatic heterocycles. The summed E-state index contributed by atoms with van der Waals surface area (Å²) >= 11 is 0. The molecule has 4 rings (SSSR count). The average Bonchev–Trinajstić information content (AvgIpc) is 3.03. The number of aromatic nitrogens is 1. The Balaban J connectivity index is 1.66. The predicted molar refractivity (Wildman–Crippen MR) is 115 cm³/mol. The standard InChI is InChI=1S/C24H28N2O3/c1-17-23(24(28)18-9-11-20(29-2)12-10-18)21-7-3-4-8-22(21)26(17)15-14-25-13-5-6-19(27)16-25/h3-4,7-12,19,27H,5-6,13-16H2,1-2H3. The zero-order valence-corrected chi connectivity index (χ0v) is 17.1. The van der Waals surface area contributed by atoms with Gasteiger partial charge >= 0.3 is 0 Å². The molecule has 1 N–H and O–H groups in total. The van der Waals surface area contributed by atoms with Crippen LogP contribution in [0.2, 0.25) is 0 Å². The van der Waals surface area contributed by atoms with Crippen molar-refractivity contribution < 1.29 is 14.6 Å². The Morgan fingerprint density at radius 1 is 1.14 bits per heavy atom. The normalized spacial score (nSPS) is 17.6. The summed E-state index contributed by atoms with van der Waals surface area (Å²) < 4.78 is 7.46. The summed E-state index contributed by atoms with van der Waals surface area (Å²) in [6.45, 7) is 5.45. The lowest BCUT2D eigenvalue weighted by molar-refractivity contribution is 0.0690. The van der Waals surface area contributed by atoms with E-state index in [0.717, 1.165) is 66.9 Å². The monoisotopic (exact) mass is 392 g/mol. The van der Waals surface area contributed by atoms with Gasteiger partial charge in [-0.3, -0.25) is 9.69 Å². The summed E-state index contributed by atoms with van der Waals surface area (Å²) in [7, 11) is 1.62. The quantitative estimate of drug-likeness (QED) is 0.651. The Morgan fingerprint density at radius 3 is 2.62 bits per heavy atom. The van der Waals surface area contributed by atoms with Crippen LogP contribution in [0.25, 0.3) is 10.9 Å². The highest BCUT2D eigenvalue weighted by molar-refractivity contribution is 6.17. The minimum absolute atomic E-state index is 0.0356. The maximum Gasteiger partial charge on any atom is 0.195 e. The van der Waals surface area contributed by atoms with E-state index in [4.69, 9.17) is 4.74 Å². The van der Waals surface area contributed by atoms with Crippen LogP contribution >= 0.6 is 0 Å². The fraction of sp³-hybridized carbons (Fsp3) is 0.375. The Kier molecular flexibility index (Phi) is 5.69. The van der Waals surface area contributed by atoms with Crippen molar-refractivity contribution in [2.45, 2.75) is 32.4 Å². The van der Waals surface area contributed by atoms with Crippen molar-refractivity contribution in [1.29, 1.82) is 0 Å². The number of ether oxygens (including phenoxy) is 1. The van der Waals surface area contributed by atoms with Crippen LogP contribution in [0.5, 0.6) is 5.75 Å². The van der Waals surface area contributed by atoms with Crippen LogP contribution in [0.1, 0.15) is 34.5 Å². The highest BCUT2D eigenvalue weighted by atomic mass is 16.5. The number of nitrogens with zero attached hydrogens (tertiary/aromatic N) is 2. The summed E-state index contributed by atoms with van der Waals surface area (Å²) in [6.07, 6.45) is 1.70. The van der Waals surface area contributed by atoms with Crippen molar-refractivity contribution in [3.63, 3.8) is 0 Å². The number of carbonyl (C=O) groups is 1. The van der Waals surface area contributed by atoms with E-state index in [9.17, 15) is 9.90 Å². The number of β-amino-alcohol motifs (C(OH)–C–C–N with tert-alkyl or cyclic N) is 1. The largest absolute Gasteiger partial charge is 0.497 e. The fourth-order valence-corrected chi connectivity index (χ4v) is 4.37. The number of ketones is 1. The van der Waals surface area contributed by atoms with Crippen LogP contribution in [0.4, 0.5) is 0 Å². The number of aliphatic hydroxyl groups is 1. The number of likely N-dealkylation sites (tertiary alicyclic amines) is 1. The van der Waals surface area contributed by atoms with Gasteiger partial charge in [-0.1, -0.05) is 18.2 Å². The molecule has 1 atom stereocenters. The molecule has 1 fully saturated rings. The highest BCUT2D eigenvalue weighted by Gasteiger charge is 2.22. The number of fused-ring (bicyclic) bond motifs is 1. The second kappa shape index (κ2) is 8.39. The van der Waals surface area contributed by atoms with Crippen molar-refractivity contribution in [3.05, 3.63) is 65.4 Å².